The summed E-state index contributed by atoms with van der Waals surface area (Å²) in [7, 11) is 0. The Morgan fingerprint density at radius 3 is 1.53 bits per heavy atom. The molecule has 0 saturated carbocycles. The van der Waals surface area contributed by atoms with Gasteiger partial charge in [-0.3, -0.25) is 4.79 Å². The molecule has 0 bridgehead atoms. The normalized spacial score (nSPS) is 8.67. The maximum atomic E-state index is 10.1. The van der Waals surface area contributed by atoms with Crippen molar-refractivity contribution in [2.45, 2.75) is 73.6 Å². The molecular formula is C14H30O. The summed E-state index contributed by atoms with van der Waals surface area (Å²) in [5.41, 5.74) is 0. The van der Waals surface area contributed by atoms with Crippen molar-refractivity contribution in [1.82, 2.24) is 0 Å². The topological polar surface area (TPSA) is 17.1 Å². The smallest absolute Gasteiger partial charge is 0.152 e. The lowest BCUT2D eigenvalue weighted by molar-refractivity contribution is -0.112. The number of hydrogen-bond donors (Lipinski definition) is 0. The molecule has 0 aliphatic heterocycles. The Kier molecular flexibility index (Phi) is 30.9. The lowest BCUT2D eigenvalue weighted by atomic mass is 10.2. The molecule has 0 spiro atoms. The summed E-state index contributed by atoms with van der Waals surface area (Å²) >= 11 is 0. The fourth-order valence-corrected chi connectivity index (χ4v) is 0.784. The molecule has 0 rings (SSSR count). The highest BCUT2D eigenvalue weighted by molar-refractivity contribution is 5.87. The van der Waals surface area contributed by atoms with Crippen LogP contribution in [-0.4, -0.2) is 5.78 Å². The van der Waals surface area contributed by atoms with Crippen LogP contribution in [-0.2, 0) is 4.79 Å². The predicted octanol–water partition coefficient (Wildman–Crippen LogP) is 5.15. The van der Waals surface area contributed by atoms with Crippen LogP contribution in [0.3, 0.4) is 0 Å². The van der Waals surface area contributed by atoms with Crippen molar-refractivity contribution in [3.8, 4) is 0 Å². The monoisotopic (exact) mass is 214 g/mol. The summed E-state index contributed by atoms with van der Waals surface area (Å²) < 4.78 is 0. The number of carbonyl (C=O) groups excluding carboxylic acids is 1. The van der Waals surface area contributed by atoms with Gasteiger partial charge in [0.15, 0.2) is 5.78 Å². The molecule has 0 amide bonds. The summed E-state index contributed by atoms with van der Waals surface area (Å²) in [6.07, 6.45) is 9.91. The van der Waals surface area contributed by atoms with E-state index in [1.165, 1.54) is 25.7 Å². The highest BCUT2D eigenvalue weighted by Crippen LogP contribution is 1.95. The molecule has 0 N–H and O–H groups in total. The van der Waals surface area contributed by atoms with Crippen LogP contribution in [0.2, 0.25) is 0 Å². The average molecular weight is 214 g/mol. The van der Waals surface area contributed by atoms with Crippen molar-refractivity contribution in [1.29, 1.82) is 0 Å². The van der Waals surface area contributed by atoms with E-state index in [1.54, 1.807) is 13.0 Å². The molecule has 0 aliphatic rings. The molecule has 0 aromatic carbocycles. The third-order valence-electron chi connectivity index (χ3n) is 1.55. The van der Waals surface area contributed by atoms with E-state index in [4.69, 9.17) is 0 Å². The van der Waals surface area contributed by atoms with Crippen LogP contribution in [0.1, 0.15) is 73.6 Å². The molecule has 0 saturated heterocycles. The number of ketones is 1. The van der Waals surface area contributed by atoms with Crippen LogP contribution in [0.15, 0.2) is 12.2 Å². The van der Waals surface area contributed by atoms with Crippen LogP contribution in [0, 0.1) is 0 Å². The van der Waals surface area contributed by atoms with E-state index in [-0.39, 0.29) is 5.78 Å². The van der Waals surface area contributed by atoms with Crippen molar-refractivity contribution >= 4 is 5.78 Å². The highest BCUT2D eigenvalue weighted by Gasteiger charge is 1.76. The zero-order valence-electron chi connectivity index (χ0n) is 11.6. The second kappa shape index (κ2) is 23.3. The molecule has 0 unspecified atom stereocenters. The summed E-state index contributed by atoms with van der Waals surface area (Å²) in [5.74, 6) is 0.127. The van der Waals surface area contributed by atoms with E-state index in [2.05, 4.69) is 13.8 Å². The highest BCUT2D eigenvalue weighted by atomic mass is 16.1. The van der Waals surface area contributed by atoms with Gasteiger partial charge in [-0.05, 0) is 19.4 Å². The molecule has 0 atom stereocenters. The standard InChI is InChI=1S/C6H10O.C6H14.C2H6/c1-3-4-5-6(2)7;1-3-5-6-4-2;1-2/h4-5H,3H2,1-2H3;3-6H2,1-2H3;1-2H3/b5-4+;;. The first-order chi connectivity index (χ1) is 7.18. The summed E-state index contributed by atoms with van der Waals surface area (Å²) in [5, 5.41) is 0. The first kappa shape index (κ1) is 19.9. The SMILES string of the molecule is CC.CC/C=C/C(C)=O.CCCCCC. The van der Waals surface area contributed by atoms with Crippen LogP contribution < -0.4 is 0 Å². The van der Waals surface area contributed by atoms with Gasteiger partial charge in [-0.2, -0.15) is 0 Å². The van der Waals surface area contributed by atoms with E-state index in [9.17, 15) is 4.79 Å². The first-order valence-electron chi connectivity index (χ1n) is 6.36. The molecule has 1 heteroatoms. The van der Waals surface area contributed by atoms with Gasteiger partial charge in [-0.25, -0.2) is 0 Å². The molecule has 15 heavy (non-hydrogen) atoms. The Labute approximate surface area is 97.0 Å². The Balaban J connectivity index is -0.000000166. The Morgan fingerprint density at radius 1 is 1.00 bits per heavy atom. The molecule has 0 aliphatic carbocycles. The predicted molar refractivity (Wildman–Crippen MR) is 71.3 cm³/mol. The number of hydrogen-bond acceptors (Lipinski definition) is 1. The second-order valence-electron chi connectivity index (χ2n) is 3.13. The van der Waals surface area contributed by atoms with Crippen molar-refractivity contribution in [2.75, 3.05) is 0 Å². The fourth-order valence-electron chi connectivity index (χ4n) is 0.784. The third kappa shape index (κ3) is 42.5. The average Bonchev–Trinajstić information content (AvgIpc) is 2.27. The maximum Gasteiger partial charge on any atom is 0.152 e. The van der Waals surface area contributed by atoms with Gasteiger partial charge in [0.2, 0.25) is 0 Å². The van der Waals surface area contributed by atoms with Crippen molar-refractivity contribution in [3.63, 3.8) is 0 Å². The minimum atomic E-state index is 0.127. The van der Waals surface area contributed by atoms with Gasteiger partial charge < -0.3 is 0 Å². The number of allylic oxidation sites excluding steroid dienone is 2. The van der Waals surface area contributed by atoms with Crippen LogP contribution >= 0.6 is 0 Å². The van der Waals surface area contributed by atoms with Gasteiger partial charge in [-0.1, -0.05) is 66.4 Å². The molecule has 0 aromatic heterocycles. The van der Waals surface area contributed by atoms with Crippen LogP contribution in [0.5, 0.6) is 0 Å². The minimum absolute atomic E-state index is 0.127. The van der Waals surface area contributed by atoms with E-state index in [0.29, 0.717) is 0 Å². The van der Waals surface area contributed by atoms with E-state index < -0.39 is 0 Å². The van der Waals surface area contributed by atoms with Gasteiger partial charge in [0.05, 0.1) is 0 Å². The van der Waals surface area contributed by atoms with E-state index in [0.717, 1.165) is 6.42 Å². The van der Waals surface area contributed by atoms with Crippen molar-refractivity contribution in [3.05, 3.63) is 12.2 Å². The molecule has 0 radical (unpaired) electrons. The van der Waals surface area contributed by atoms with Gasteiger partial charge in [0.1, 0.15) is 0 Å². The first-order valence-corrected chi connectivity index (χ1v) is 6.36. The third-order valence-corrected chi connectivity index (χ3v) is 1.55. The summed E-state index contributed by atoms with van der Waals surface area (Å²) in [6, 6.07) is 0. The van der Waals surface area contributed by atoms with Crippen molar-refractivity contribution in [2.24, 2.45) is 0 Å². The van der Waals surface area contributed by atoms with E-state index >= 15 is 0 Å². The zero-order chi connectivity index (χ0) is 12.5. The molecule has 0 heterocycles. The van der Waals surface area contributed by atoms with Gasteiger partial charge in [0, 0.05) is 0 Å². The Bertz CT molecular complexity index is 121. The Morgan fingerprint density at radius 2 is 1.40 bits per heavy atom. The molecule has 1 nitrogen and oxygen atoms in total. The molecule has 0 aromatic rings. The number of rotatable bonds is 5. The van der Waals surface area contributed by atoms with Gasteiger partial charge in [0.25, 0.3) is 0 Å². The van der Waals surface area contributed by atoms with Gasteiger partial charge >= 0.3 is 0 Å². The van der Waals surface area contributed by atoms with E-state index in [1.807, 2.05) is 26.8 Å². The lowest BCUT2D eigenvalue weighted by Gasteiger charge is -1.86. The largest absolute Gasteiger partial charge is 0.295 e. The van der Waals surface area contributed by atoms with Crippen molar-refractivity contribution < 1.29 is 4.79 Å². The quantitative estimate of drug-likeness (QED) is 0.456. The second-order valence-corrected chi connectivity index (χ2v) is 3.13. The summed E-state index contributed by atoms with van der Waals surface area (Å²) in [6.45, 7) is 12.0. The molecule has 0 fully saturated rings. The molecule has 92 valence electrons. The zero-order valence-corrected chi connectivity index (χ0v) is 11.6. The van der Waals surface area contributed by atoms with Gasteiger partial charge in [-0.15, -0.1) is 0 Å². The Hall–Kier alpha value is -0.590. The number of carbonyl (C=O) groups is 1. The number of unbranched alkanes of at least 4 members (excludes halogenated alkanes) is 3. The van der Waals surface area contributed by atoms with Crippen LogP contribution in [0.25, 0.3) is 0 Å². The summed E-state index contributed by atoms with van der Waals surface area (Å²) in [4.78, 5) is 10.1. The lowest BCUT2D eigenvalue weighted by Crippen LogP contribution is -1.77. The molecular weight excluding hydrogens is 184 g/mol. The maximum absolute atomic E-state index is 10.1. The fraction of sp³-hybridized carbons (Fsp3) is 0.786. The minimum Gasteiger partial charge on any atom is -0.295 e. The van der Waals surface area contributed by atoms with Crippen LogP contribution in [0.4, 0.5) is 0 Å².